The average Bonchev–Trinajstić information content (AvgIpc) is 3.20. The molecule has 2 aromatic heterocycles. The van der Waals surface area contributed by atoms with Crippen molar-refractivity contribution >= 4 is 28.7 Å². The van der Waals surface area contributed by atoms with E-state index >= 15 is 0 Å². The summed E-state index contributed by atoms with van der Waals surface area (Å²) >= 11 is 0. The van der Waals surface area contributed by atoms with Crippen LogP contribution in [0.4, 0.5) is 5.82 Å². The molecular formula is C24H16N6O. The second-order valence-electron chi connectivity index (χ2n) is 6.78. The van der Waals surface area contributed by atoms with Gasteiger partial charge in [0, 0.05) is 5.39 Å². The third-order valence-electron chi connectivity index (χ3n) is 4.72. The summed E-state index contributed by atoms with van der Waals surface area (Å²) in [6.45, 7) is 1.96. The average molecular weight is 404 g/mol. The monoisotopic (exact) mass is 404 g/mol. The number of hydrogen-bond acceptors (Lipinski definition) is 5. The van der Waals surface area contributed by atoms with Gasteiger partial charge >= 0.3 is 0 Å². The van der Waals surface area contributed by atoms with Crippen molar-refractivity contribution in [2.24, 2.45) is 0 Å². The maximum Gasteiger partial charge on any atom is 0.267 e. The summed E-state index contributed by atoms with van der Waals surface area (Å²) in [5, 5.41) is 26.9. The largest absolute Gasteiger partial charge is 0.305 e. The molecule has 0 saturated heterocycles. The van der Waals surface area contributed by atoms with Gasteiger partial charge in [0.15, 0.2) is 11.6 Å². The van der Waals surface area contributed by atoms with Crippen molar-refractivity contribution in [1.82, 2.24) is 14.8 Å². The first-order valence-electron chi connectivity index (χ1n) is 9.44. The van der Waals surface area contributed by atoms with E-state index in [0.29, 0.717) is 5.82 Å². The number of nitrogens with zero attached hydrogens (tertiary/aromatic N) is 5. The molecule has 2 aromatic carbocycles. The second kappa shape index (κ2) is 8.32. The number of fused-ring (bicyclic) bond motifs is 1. The maximum atomic E-state index is 12.8. The van der Waals surface area contributed by atoms with E-state index in [1.807, 2.05) is 67.6 Å². The predicted molar refractivity (Wildman–Crippen MR) is 117 cm³/mol. The molecule has 31 heavy (non-hydrogen) atoms. The van der Waals surface area contributed by atoms with Gasteiger partial charge in [-0.25, -0.2) is 4.98 Å². The summed E-state index contributed by atoms with van der Waals surface area (Å²) < 4.78 is 1.40. The minimum absolute atomic E-state index is 0.0921. The van der Waals surface area contributed by atoms with Gasteiger partial charge in [-0.05, 0) is 36.3 Å². The summed E-state index contributed by atoms with van der Waals surface area (Å²) in [6.07, 6.45) is 2.84. The van der Waals surface area contributed by atoms with E-state index in [1.54, 1.807) is 12.1 Å². The third-order valence-corrected chi connectivity index (χ3v) is 4.72. The number of carbonyl (C=O) groups excluding carboxylic acids is 1. The van der Waals surface area contributed by atoms with Crippen LogP contribution in [0.1, 0.15) is 16.7 Å². The standard InChI is InChI=1S/C24H16N6O/c1-16-11-22(28-21-10-6-5-9-20(16)21)30-23(19(14-26)15-27-30)29-24(31)18(13-25)12-17-7-3-2-4-8-17/h2-12,15H,1H3,(H,29,31)/b18-12+. The summed E-state index contributed by atoms with van der Waals surface area (Å²) in [5.74, 6) is -0.0236. The molecule has 0 spiro atoms. The lowest BCUT2D eigenvalue weighted by Gasteiger charge is -2.11. The molecule has 0 bridgehead atoms. The molecule has 0 radical (unpaired) electrons. The van der Waals surface area contributed by atoms with E-state index in [-0.39, 0.29) is 17.0 Å². The van der Waals surface area contributed by atoms with Crippen LogP contribution >= 0.6 is 0 Å². The Morgan fingerprint density at radius 2 is 1.84 bits per heavy atom. The number of anilines is 1. The molecule has 0 aliphatic carbocycles. The maximum absolute atomic E-state index is 12.8. The number of aryl methyl sites for hydroxylation is 1. The molecule has 4 rings (SSSR count). The highest BCUT2D eigenvalue weighted by atomic mass is 16.1. The quantitative estimate of drug-likeness (QED) is 0.406. The SMILES string of the molecule is Cc1cc(-n2ncc(C#N)c2NC(=O)/C(C#N)=C/c2ccccc2)nc2ccccc12. The number of rotatable bonds is 4. The van der Waals surface area contributed by atoms with Crippen molar-refractivity contribution < 1.29 is 4.79 Å². The van der Waals surface area contributed by atoms with Gasteiger partial charge in [0.25, 0.3) is 5.91 Å². The van der Waals surface area contributed by atoms with Crippen LogP contribution < -0.4 is 5.32 Å². The Labute approximate surface area is 178 Å². The van der Waals surface area contributed by atoms with E-state index in [9.17, 15) is 15.3 Å². The van der Waals surface area contributed by atoms with Crippen molar-refractivity contribution in [2.75, 3.05) is 5.32 Å². The summed E-state index contributed by atoms with van der Waals surface area (Å²) in [7, 11) is 0. The van der Waals surface area contributed by atoms with E-state index in [2.05, 4.69) is 15.4 Å². The Morgan fingerprint density at radius 1 is 1.10 bits per heavy atom. The molecule has 0 unspecified atom stereocenters. The van der Waals surface area contributed by atoms with Crippen LogP contribution in [0, 0.1) is 29.6 Å². The van der Waals surface area contributed by atoms with Crippen LogP contribution in [-0.2, 0) is 4.79 Å². The minimum atomic E-state index is -0.637. The van der Waals surface area contributed by atoms with Gasteiger partial charge in [0.1, 0.15) is 23.3 Å². The molecule has 7 heteroatoms. The van der Waals surface area contributed by atoms with Crippen molar-refractivity contribution in [1.29, 1.82) is 10.5 Å². The zero-order chi connectivity index (χ0) is 21.8. The zero-order valence-electron chi connectivity index (χ0n) is 16.6. The smallest absolute Gasteiger partial charge is 0.267 e. The molecule has 0 atom stereocenters. The predicted octanol–water partition coefficient (Wildman–Crippen LogP) is 4.15. The van der Waals surface area contributed by atoms with Gasteiger partial charge in [0.2, 0.25) is 0 Å². The highest BCUT2D eigenvalue weighted by Crippen LogP contribution is 2.24. The summed E-state index contributed by atoms with van der Waals surface area (Å²) in [5.41, 5.74) is 2.54. The van der Waals surface area contributed by atoms with Crippen molar-refractivity contribution in [3.05, 3.63) is 89.1 Å². The molecule has 148 valence electrons. The van der Waals surface area contributed by atoms with Gasteiger partial charge in [-0.2, -0.15) is 20.3 Å². The molecule has 1 N–H and O–H groups in total. The normalized spacial score (nSPS) is 11.0. The molecular weight excluding hydrogens is 388 g/mol. The first kappa shape index (κ1) is 19.6. The van der Waals surface area contributed by atoms with Crippen LogP contribution in [0.5, 0.6) is 0 Å². The molecule has 7 nitrogen and oxygen atoms in total. The number of pyridine rings is 1. The molecule has 0 aliphatic heterocycles. The van der Waals surface area contributed by atoms with Crippen LogP contribution in [-0.4, -0.2) is 20.7 Å². The molecule has 0 aliphatic rings. The lowest BCUT2D eigenvalue weighted by atomic mass is 10.1. The zero-order valence-corrected chi connectivity index (χ0v) is 16.6. The van der Waals surface area contributed by atoms with E-state index in [1.165, 1.54) is 17.0 Å². The van der Waals surface area contributed by atoms with Gasteiger partial charge in [-0.1, -0.05) is 48.5 Å². The molecule has 4 aromatic rings. The number of carbonyl (C=O) groups is 1. The number of nitriles is 2. The number of hydrogen-bond donors (Lipinski definition) is 1. The van der Waals surface area contributed by atoms with E-state index in [0.717, 1.165) is 22.0 Å². The van der Waals surface area contributed by atoms with Gasteiger partial charge < -0.3 is 5.32 Å². The van der Waals surface area contributed by atoms with E-state index in [4.69, 9.17) is 0 Å². The summed E-state index contributed by atoms with van der Waals surface area (Å²) in [6, 6.07) is 22.5. The van der Waals surface area contributed by atoms with Crippen molar-refractivity contribution in [2.45, 2.75) is 6.92 Å². The van der Waals surface area contributed by atoms with Crippen LogP contribution in [0.25, 0.3) is 22.8 Å². The lowest BCUT2D eigenvalue weighted by molar-refractivity contribution is -0.112. The molecule has 1 amide bonds. The highest BCUT2D eigenvalue weighted by molar-refractivity contribution is 6.09. The lowest BCUT2D eigenvalue weighted by Crippen LogP contribution is -2.17. The number of benzene rings is 2. The van der Waals surface area contributed by atoms with Crippen LogP contribution in [0.2, 0.25) is 0 Å². The Balaban J connectivity index is 1.74. The van der Waals surface area contributed by atoms with Crippen LogP contribution in [0.15, 0.2) is 72.4 Å². The number of para-hydroxylation sites is 1. The molecule has 2 heterocycles. The van der Waals surface area contributed by atoms with Crippen molar-refractivity contribution in [3.63, 3.8) is 0 Å². The first-order chi connectivity index (χ1) is 15.1. The third kappa shape index (κ3) is 3.89. The van der Waals surface area contributed by atoms with E-state index < -0.39 is 5.91 Å². The fraction of sp³-hybridized carbons (Fsp3) is 0.0417. The van der Waals surface area contributed by atoms with Gasteiger partial charge in [-0.3, -0.25) is 4.79 Å². The number of amides is 1. The van der Waals surface area contributed by atoms with Gasteiger partial charge in [-0.15, -0.1) is 0 Å². The topological polar surface area (TPSA) is 107 Å². The fourth-order valence-corrected chi connectivity index (χ4v) is 3.20. The van der Waals surface area contributed by atoms with Crippen molar-refractivity contribution in [3.8, 4) is 18.0 Å². The van der Waals surface area contributed by atoms with Crippen LogP contribution in [0.3, 0.4) is 0 Å². The molecule has 0 fully saturated rings. The summed E-state index contributed by atoms with van der Waals surface area (Å²) in [4.78, 5) is 17.4. The number of nitrogens with one attached hydrogen (secondary N) is 1. The Bertz CT molecular complexity index is 1400. The number of aromatic nitrogens is 3. The molecule has 0 saturated carbocycles. The Morgan fingerprint density at radius 3 is 2.58 bits per heavy atom. The highest BCUT2D eigenvalue weighted by Gasteiger charge is 2.19. The fourth-order valence-electron chi connectivity index (χ4n) is 3.20. The second-order valence-corrected chi connectivity index (χ2v) is 6.78. The Hall–Kier alpha value is -4.75. The Kier molecular flexibility index (Phi) is 5.25. The minimum Gasteiger partial charge on any atom is -0.305 e. The van der Waals surface area contributed by atoms with Gasteiger partial charge in [0.05, 0.1) is 11.7 Å². The first-order valence-corrected chi connectivity index (χ1v) is 9.44.